The molecule has 294 valence electrons. The highest BCUT2D eigenvalue weighted by molar-refractivity contribution is 6.12. The first-order valence-electron chi connectivity index (χ1n) is 21.3. The van der Waals surface area contributed by atoms with Crippen molar-refractivity contribution in [2.75, 3.05) is 0 Å². The molecule has 6 nitrogen and oxygen atoms in total. The highest BCUT2D eigenvalue weighted by Crippen LogP contribution is 2.39. The van der Waals surface area contributed by atoms with Gasteiger partial charge < -0.3 is 13.7 Å². The number of fused-ring (bicyclic) bond motifs is 9. The zero-order valence-corrected chi connectivity index (χ0v) is 34.0. The maximum atomic E-state index is 5.34. The minimum Gasteiger partial charge on any atom is -0.309 e. The Bertz CT molecular complexity index is 3720. The van der Waals surface area contributed by atoms with Gasteiger partial charge in [-0.05, 0) is 84.9 Å². The first-order valence-corrected chi connectivity index (χ1v) is 21.3. The SMILES string of the molecule is c1ccc(-n2c3ccccc3c3cc(-c4nc(-c5ccc6c7ccccc7n(-c7ccccc7)c6c5)nc(-c5ccc6c7ccccc7n(-c7ccccc7)c6c5)n4)ccc32)cc1. The van der Waals surface area contributed by atoms with E-state index in [9.17, 15) is 0 Å². The van der Waals surface area contributed by atoms with Crippen LogP contribution < -0.4 is 0 Å². The van der Waals surface area contributed by atoms with Crippen LogP contribution in [0.15, 0.2) is 218 Å². The van der Waals surface area contributed by atoms with Gasteiger partial charge in [0.15, 0.2) is 17.5 Å². The van der Waals surface area contributed by atoms with E-state index in [1.54, 1.807) is 0 Å². The molecule has 0 aliphatic heterocycles. The third-order valence-corrected chi connectivity index (χ3v) is 12.5. The van der Waals surface area contributed by atoms with Crippen LogP contribution in [0.5, 0.6) is 0 Å². The summed E-state index contributed by atoms with van der Waals surface area (Å²) in [5.74, 6) is 1.83. The maximum Gasteiger partial charge on any atom is 0.164 e. The third kappa shape index (κ3) is 5.55. The highest BCUT2D eigenvalue weighted by atomic mass is 15.0. The summed E-state index contributed by atoms with van der Waals surface area (Å²) in [5, 5.41) is 7.05. The van der Waals surface area contributed by atoms with Crippen LogP contribution in [0.25, 0.3) is 117 Å². The second-order valence-corrected chi connectivity index (χ2v) is 16.1. The van der Waals surface area contributed by atoms with Crippen LogP contribution in [0, 0.1) is 0 Å². The Hall–Kier alpha value is -8.61. The van der Waals surface area contributed by atoms with Crippen molar-refractivity contribution in [3.63, 3.8) is 0 Å². The predicted octanol–water partition coefficient (Wildman–Crippen LogP) is 14.2. The lowest BCUT2D eigenvalue weighted by Gasteiger charge is -2.12. The molecule has 0 N–H and O–H groups in total. The van der Waals surface area contributed by atoms with Crippen molar-refractivity contribution in [1.29, 1.82) is 0 Å². The number of hydrogen-bond donors (Lipinski definition) is 0. The maximum absolute atomic E-state index is 5.34. The molecule has 0 spiro atoms. The largest absolute Gasteiger partial charge is 0.309 e. The molecule has 4 heterocycles. The molecule has 0 aliphatic rings. The van der Waals surface area contributed by atoms with Crippen LogP contribution in [-0.2, 0) is 0 Å². The standard InChI is InChI=1S/C57H36N6/c1-4-16-40(17-5-1)61-51-27-15-12-24-45(51)48-34-37(30-33-52(48)61)55-58-56(38-28-31-46-43-22-10-13-25-49(43)62(53(46)35-38)41-18-6-2-7-19-41)60-57(59-55)39-29-32-47-44-23-11-14-26-50(44)63(54(47)36-39)42-20-8-3-9-21-42/h1-36H. The summed E-state index contributed by atoms with van der Waals surface area (Å²) in [6, 6.07) is 77.3. The summed E-state index contributed by atoms with van der Waals surface area (Å²) >= 11 is 0. The second-order valence-electron chi connectivity index (χ2n) is 16.1. The molecule has 13 aromatic rings. The van der Waals surface area contributed by atoms with Crippen LogP contribution >= 0.6 is 0 Å². The van der Waals surface area contributed by atoms with Gasteiger partial charge in [0.25, 0.3) is 0 Å². The van der Waals surface area contributed by atoms with E-state index in [0.29, 0.717) is 17.5 Å². The molecular weight excluding hydrogens is 769 g/mol. The van der Waals surface area contributed by atoms with Gasteiger partial charge >= 0.3 is 0 Å². The highest BCUT2D eigenvalue weighted by Gasteiger charge is 2.20. The van der Waals surface area contributed by atoms with E-state index in [-0.39, 0.29) is 0 Å². The molecule has 0 amide bonds. The van der Waals surface area contributed by atoms with Crippen molar-refractivity contribution in [2.24, 2.45) is 0 Å². The number of hydrogen-bond acceptors (Lipinski definition) is 3. The number of nitrogens with zero attached hydrogens (tertiary/aromatic N) is 6. The Morgan fingerprint density at radius 2 is 0.524 bits per heavy atom. The fourth-order valence-corrected chi connectivity index (χ4v) is 9.66. The normalized spacial score (nSPS) is 11.8. The van der Waals surface area contributed by atoms with Gasteiger partial charge in [-0.25, -0.2) is 15.0 Å². The lowest BCUT2D eigenvalue weighted by Crippen LogP contribution is -2.01. The zero-order valence-electron chi connectivity index (χ0n) is 34.0. The van der Waals surface area contributed by atoms with Crippen molar-refractivity contribution >= 4 is 65.4 Å². The van der Waals surface area contributed by atoms with Crippen LogP contribution in [0.4, 0.5) is 0 Å². The van der Waals surface area contributed by atoms with Crippen molar-refractivity contribution in [1.82, 2.24) is 28.7 Å². The average Bonchev–Trinajstić information content (AvgIpc) is 3.99. The van der Waals surface area contributed by atoms with Gasteiger partial charge in [0, 0.05) is 66.1 Å². The van der Waals surface area contributed by atoms with Crippen molar-refractivity contribution in [3.8, 4) is 51.2 Å². The van der Waals surface area contributed by atoms with Gasteiger partial charge in [-0.15, -0.1) is 0 Å². The van der Waals surface area contributed by atoms with Crippen LogP contribution in [0.2, 0.25) is 0 Å². The summed E-state index contributed by atoms with van der Waals surface area (Å²) in [7, 11) is 0. The minimum atomic E-state index is 0.609. The molecule has 0 unspecified atom stereocenters. The molecule has 63 heavy (non-hydrogen) atoms. The monoisotopic (exact) mass is 804 g/mol. The van der Waals surface area contributed by atoms with E-state index in [0.717, 1.165) is 72.2 Å². The molecule has 0 aliphatic carbocycles. The topological polar surface area (TPSA) is 53.5 Å². The smallest absolute Gasteiger partial charge is 0.164 e. The molecule has 0 fully saturated rings. The van der Waals surface area contributed by atoms with E-state index in [4.69, 9.17) is 15.0 Å². The summed E-state index contributed by atoms with van der Waals surface area (Å²) in [6.45, 7) is 0. The zero-order chi connectivity index (χ0) is 41.4. The second kappa shape index (κ2) is 14.0. The van der Waals surface area contributed by atoms with Crippen LogP contribution in [-0.4, -0.2) is 28.7 Å². The van der Waals surface area contributed by atoms with E-state index in [2.05, 4.69) is 232 Å². The molecule has 0 radical (unpaired) electrons. The Morgan fingerprint density at radius 1 is 0.222 bits per heavy atom. The fraction of sp³-hybridized carbons (Fsp3) is 0. The molecule has 0 saturated carbocycles. The molecule has 0 saturated heterocycles. The van der Waals surface area contributed by atoms with Crippen molar-refractivity contribution in [2.45, 2.75) is 0 Å². The number of rotatable bonds is 6. The first-order chi connectivity index (χ1) is 31.2. The molecule has 0 atom stereocenters. The quantitative estimate of drug-likeness (QED) is 0.168. The summed E-state index contributed by atoms with van der Waals surface area (Å²) in [4.78, 5) is 16.0. The Labute approximate surface area is 362 Å². The molecule has 4 aromatic heterocycles. The Kier molecular flexibility index (Phi) is 7.80. The minimum absolute atomic E-state index is 0.609. The van der Waals surface area contributed by atoms with Crippen molar-refractivity contribution in [3.05, 3.63) is 218 Å². The number of benzene rings is 9. The van der Waals surface area contributed by atoms with E-state index in [1.807, 2.05) is 0 Å². The Morgan fingerprint density at radius 3 is 0.952 bits per heavy atom. The van der Waals surface area contributed by atoms with Crippen LogP contribution in [0.1, 0.15) is 0 Å². The van der Waals surface area contributed by atoms with Gasteiger partial charge in [-0.2, -0.15) is 0 Å². The average molecular weight is 805 g/mol. The van der Waals surface area contributed by atoms with Gasteiger partial charge in [0.05, 0.1) is 33.1 Å². The predicted molar refractivity (Wildman–Crippen MR) is 259 cm³/mol. The summed E-state index contributed by atoms with van der Waals surface area (Å²) in [5.41, 5.74) is 12.8. The lowest BCUT2D eigenvalue weighted by molar-refractivity contribution is 1.07. The Balaban J connectivity index is 1.06. The van der Waals surface area contributed by atoms with E-state index < -0.39 is 0 Å². The lowest BCUT2D eigenvalue weighted by atomic mass is 10.1. The summed E-state index contributed by atoms with van der Waals surface area (Å²) in [6.07, 6.45) is 0. The molecule has 6 heteroatoms. The molecule has 9 aromatic carbocycles. The molecule has 13 rings (SSSR count). The van der Waals surface area contributed by atoms with Gasteiger partial charge in [-0.1, -0.05) is 133 Å². The van der Waals surface area contributed by atoms with Crippen LogP contribution in [0.3, 0.4) is 0 Å². The van der Waals surface area contributed by atoms with Crippen molar-refractivity contribution < 1.29 is 0 Å². The third-order valence-electron chi connectivity index (χ3n) is 12.5. The van der Waals surface area contributed by atoms with E-state index in [1.165, 1.54) is 26.9 Å². The number of para-hydroxylation sites is 6. The number of aromatic nitrogens is 6. The molecular formula is C57H36N6. The fourth-order valence-electron chi connectivity index (χ4n) is 9.66. The summed E-state index contributed by atoms with van der Waals surface area (Å²) < 4.78 is 7.01. The van der Waals surface area contributed by atoms with Gasteiger partial charge in [-0.3, -0.25) is 0 Å². The van der Waals surface area contributed by atoms with E-state index >= 15 is 0 Å². The first kappa shape index (κ1) is 35.2. The van der Waals surface area contributed by atoms with Gasteiger partial charge in [0.2, 0.25) is 0 Å². The molecule has 0 bridgehead atoms. The van der Waals surface area contributed by atoms with Gasteiger partial charge in [0.1, 0.15) is 0 Å².